The van der Waals surface area contributed by atoms with E-state index in [-0.39, 0.29) is 48.7 Å². The van der Waals surface area contributed by atoms with Crippen LogP contribution in [0, 0.1) is 5.92 Å². The minimum Gasteiger partial charge on any atom is -0.379 e. The molecule has 0 aromatic rings. The SMILES string of the molecule is CC(N)C(C)C(=O)NC(C)C(C)N1CCOCC1.Cl.Cl. The average Bonchev–Trinajstić information content (AvgIpc) is 2.37. The van der Waals surface area contributed by atoms with Gasteiger partial charge in [0.1, 0.15) is 0 Å². The van der Waals surface area contributed by atoms with E-state index in [0.717, 1.165) is 26.3 Å². The Kier molecular flexibility index (Phi) is 11.8. The van der Waals surface area contributed by atoms with Gasteiger partial charge in [-0.3, -0.25) is 9.69 Å². The van der Waals surface area contributed by atoms with Gasteiger partial charge in [-0.15, -0.1) is 24.8 Å². The number of carbonyl (C=O) groups excluding carboxylic acids is 1. The van der Waals surface area contributed by atoms with Crippen molar-refractivity contribution in [3.8, 4) is 0 Å². The third-order valence-corrected chi connectivity index (χ3v) is 3.92. The van der Waals surface area contributed by atoms with Gasteiger partial charge in [0.15, 0.2) is 0 Å². The van der Waals surface area contributed by atoms with Crippen LogP contribution in [0.15, 0.2) is 0 Å². The Morgan fingerprint density at radius 3 is 2.10 bits per heavy atom. The Morgan fingerprint density at radius 2 is 1.65 bits per heavy atom. The van der Waals surface area contributed by atoms with Gasteiger partial charge in [0.2, 0.25) is 5.91 Å². The lowest BCUT2D eigenvalue weighted by molar-refractivity contribution is -0.126. The summed E-state index contributed by atoms with van der Waals surface area (Å²) in [6.07, 6.45) is 0. The van der Waals surface area contributed by atoms with E-state index in [1.54, 1.807) is 0 Å². The van der Waals surface area contributed by atoms with Crippen molar-refractivity contribution in [1.82, 2.24) is 10.2 Å². The number of rotatable bonds is 5. The molecular formula is C13H29Cl2N3O2. The lowest BCUT2D eigenvalue weighted by atomic mass is 10.0. The number of nitrogens with one attached hydrogen (secondary N) is 1. The molecule has 7 heteroatoms. The normalized spacial score (nSPS) is 21.6. The molecule has 0 radical (unpaired) electrons. The molecule has 1 aliphatic heterocycles. The first kappa shape index (κ1) is 22.2. The highest BCUT2D eigenvalue weighted by Gasteiger charge is 2.25. The van der Waals surface area contributed by atoms with Gasteiger partial charge in [-0.25, -0.2) is 0 Å². The number of carbonyl (C=O) groups is 1. The maximum atomic E-state index is 11.9. The molecule has 4 unspecified atom stereocenters. The molecule has 1 heterocycles. The van der Waals surface area contributed by atoms with Crippen LogP contribution >= 0.6 is 24.8 Å². The minimum atomic E-state index is -0.149. The largest absolute Gasteiger partial charge is 0.379 e. The van der Waals surface area contributed by atoms with E-state index in [1.807, 2.05) is 20.8 Å². The van der Waals surface area contributed by atoms with Crippen molar-refractivity contribution in [2.75, 3.05) is 26.3 Å². The molecule has 1 aliphatic rings. The number of hydrogen-bond acceptors (Lipinski definition) is 4. The van der Waals surface area contributed by atoms with Crippen LogP contribution in [0.2, 0.25) is 0 Å². The van der Waals surface area contributed by atoms with E-state index in [0.29, 0.717) is 6.04 Å². The Hall–Kier alpha value is -0.0700. The van der Waals surface area contributed by atoms with Crippen molar-refractivity contribution in [2.24, 2.45) is 11.7 Å². The van der Waals surface area contributed by atoms with Crippen LogP contribution < -0.4 is 11.1 Å². The molecular weight excluding hydrogens is 301 g/mol. The number of halogens is 2. The third-order valence-electron chi connectivity index (χ3n) is 3.92. The number of morpholine rings is 1. The zero-order chi connectivity index (χ0) is 13.7. The second-order valence-corrected chi connectivity index (χ2v) is 5.33. The zero-order valence-corrected chi connectivity index (χ0v) is 14.4. The summed E-state index contributed by atoms with van der Waals surface area (Å²) in [5, 5.41) is 3.06. The monoisotopic (exact) mass is 329 g/mol. The summed E-state index contributed by atoms with van der Waals surface area (Å²) in [4.78, 5) is 14.3. The molecule has 1 fully saturated rings. The Morgan fingerprint density at radius 1 is 1.15 bits per heavy atom. The van der Waals surface area contributed by atoms with E-state index in [4.69, 9.17) is 10.5 Å². The molecule has 0 spiro atoms. The maximum absolute atomic E-state index is 11.9. The van der Waals surface area contributed by atoms with Crippen molar-refractivity contribution in [3.63, 3.8) is 0 Å². The molecule has 0 aliphatic carbocycles. The fourth-order valence-electron chi connectivity index (χ4n) is 2.02. The van der Waals surface area contributed by atoms with Gasteiger partial charge in [-0.05, 0) is 20.8 Å². The van der Waals surface area contributed by atoms with Crippen molar-refractivity contribution in [3.05, 3.63) is 0 Å². The van der Waals surface area contributed by atoms with Gasteiger partial charge in [-0.2, -0.15) is 0 Å². The molecule has 4 atom stereocenters. The lowest BCUT2D eigenvalue weighted by Gasteiger charge is -2.36. The first-order valence-corrected chi connectivity index (χ1v) is 6.81. The predicted octanol–water partition coefficient (Wildman–Crippen LogP) is 1.04. The number of nitrogens with two attached hydrogens (primary N) is 1. The summed E-state index contributed by atoms with van der Waals surface area (Å²) in [6, 6.07) is 0.325. The van der Waals surface area contributed by atoms with Crippen LogP contribution in [0.5, 0.6) is 0 Å². The van der Waals surface area contributed by atoms with Crippen LogP contribution in [-0.4, -0.2) is 55.2 Å². The van der Waals surface area contributed by atoms with Gasteiger partial charge in [-0.1, -0.05) is 6.92 Å². The molecule has 1 saturated heterocycles. The van der Waals surface area contributed by atoms with Crippen LogP contribution in [0.1, 0.15) is 27.7 Å². The van der Waals surface area contributed by atoms with Gasteiger partial charge in [0, 0.05) is 37.1 Å². The van der Waals surface area contributed by atoms with Crippen LogP contribution in [-0.2, 0) is 9.53 Å². The van der Waals surface area contributed by atoms with Crippen molar-refractivity contribution < 1.29 is 9.53 Å². The topological polar surface area (TPSA) is 67.6 Å². The molecule has 0 aromatic carbocycles. The third kappa shape index (κ3) is 6.59. The fraction of sp³-hybridized carbons (Fsp3) is 0.923. The molecule has 122 valence electrons. The Balaban J connectivity index is 0. The highest BCUT2D eigenvalue weighted by atomic mass is 35.5. The fourth-order valence-corrected chi connectivity index (χ4v) is 2.02. The molecule has 20 heavy (non-hydrogen) atoms. The van der Waals surface area contributed by atoms with E-state index < -0.39 is 0 Å². The van der Waals surface area contributed by atoms with Gasteiger partial charge in [0.25, 0.3) is 0 Å². The summed E-state index contributed by atoms with van der Waals surface area (Å²) in [5.41, 5.74) is 5.74. The molecule has 5 nitrogen and oxygen atoms in total. The number of amides is 1. The first-order valence-electron chi connectivity index (χ1n) is 6.81. The molecule has 1 rings (SSSR count). The van der Waals surface area contributed by atoms with Crippen LogP contribution in [0.4, 0.5) is 0 Å². The maximum Gasteiger partial charge on any atom is 0.224 e. The zero-order valence-electron chi connectivity index (χ0n) is 12.8. The molecule has 0 bridgehead atoms. The van der Waals surface area contributed by atoms with E-state index in [1.165, 1.54) is 0 Å². The summed E-state index contributed by atoms with van der Waals surface area (Å²) >= 11 is 0. The van der Waals surface area contributed by atoms with Crippen molar-refractivity contribution in [1.29, 1.82) is 0 Å². The van der Waals surface area contributed by atoms with Gasteiger partial charge < -0.3 is 15.8 Å². The van der Waals surface area contributed by atoms with Crippen LogP contribution in [0.25, 0.3) is 0 Å². The average molecular weight is 330 g/mol. The number of ether oxygens (including phenoxy) is 1. The summed E-state index contributed by atoms with van der Waals surface area (Å²) in [7, 11) is 0. The Bertz CT molecular complexity index is 274. The molecule has 1 amide bonds. The second kappa shape index (κ2) is 10.6. The summed E-state index contributed by atoms with van der Waals surface area (Å²) in [6.45, 7) is 11.3. The summed E-state index contributed by atoms with van der Waals surface area (Å²) in [5.74, 6) is -0.109. The number of nitrogens with zero attached hydrogens (tertiary/aromatic N) is 1. The van der Waals surface area contributed by atoms with Gasteiger partial charge >= 0.3 is 0 Å². The molecule has 0 saturated carbocycles. The number of hydrogen-bond donors (Lipinski definition) is 2. The van der Waals surface area contributed by atoms with E-state index >= 15 is 0 Å². The standard InChI is InChI=1S/C13H27N3O2.2ClH/c1-9(10(2)14)13(17)15-11(3)12(4)16-5-7-18-8-6-16;;/h9-12H,5-8,14H2,1-4H3,(H,15,17);2*1H. The molecule has 3 N–H and O–H groups in total. The highest BCUT2D eigenvalue weighted by Crippen LogP contribution is 2.09. The van der Waals surface area contributed by atoms with Crippen molar-refractivity contribution in [2.45, 2.75) is 45.8 Å². The van der Waals surface area contributed by atoms with E-state index in [2.05, 4.69) is 17.1 Å². The predicted molar refractivity (Wildman–Crippen MR) is 86.8 cm³/mol. The quantitative estimate of drug-likeness (QED) is 0.790. The van der Waals surface area contributed by atoms with Crippen LogP contribution in [0.3, 0.4) is 0 Å². The highest BCUT2D eigenvalue weighted by molar-refractivity contribution is 5.85. The Labute approximate surface area is 134 Å². The first-order chi connectivity index (χ1) is 8.43. The lowest BCUT2D eigenvalue weighted by Crippen LogP contribution is -2.53. The smallest absolute Gasteiger partial charge is 0.224 e. The second-order valence-electron chi connectivity index (χ2n) is 5.33. The van der Waals surface area contributed by atoms with Crippen molar-refractivity contribution >= 4 is 30.7 Å². The summed E-state index contributed by atoms with van der Waals surface area (Å²) < 4.78 is 5.33. The van der Waals surface area contributed by atoms with E-state index in [9.17, 15) is 4.79 Å². The molecule has 0 aromatic heterocycles. The van der Waals surface area contributed by atoms with Gasteiger partial charge in [0.05, 0.1) is 13.2 Å². The minimum absolute atomic E-state index is 0.